The summed E-state index contributed by atoms with van der Waals surface area (Å²) in [5.41, 5.74) is 16.5. The molecule has 3 aromatic heterocycles. The molecule has 0 fully saturated rings. The van der Waals surface area contributed by atoms with E-state index in [1.54, 1.807) is 18.2 Å². The van der Waals surface area contributed by atoms with Gasteiger partial charge < -0.3 is 15.0 Å². The van der Waals surface area contributed by atoms with Crippen molar-refractivity contribution >= 4 is 0 Å². The fourth-order valence-electron chi connectivity index (χ4n) is 8.45. The Labute approximate surface area is 408 Å². The van der Waals surface area contributed by atoms with E-state index < -0.39 is 0 Å². The number of halogens is 3. The standard InChI is InChI=1S/C61H41F3N3.Ir/c62-52-25-21-49(22-26-52)59-31-15-41(38-65-59)11-13-43-33-44(14-12-42-16-32-60(66-39-42)50-23-27-53(63)28-24-50)35-51(34-43)56-36-54(64)29-30-55(56)58-40-67-61(48-9-5-2-6-10-48)37-57(58)47-19-17-46(18-20-47)45-7-3-1-4-8-45;/h1-9,15-21,23,25-40H,11-14H2;/q-3;+3. The van der Waals surface area contributed by atoms with Crippen molar-refractivity contribution < 1.29 is 33.3 Å². The Hall–Kier alpha value is -7.57. The smallest absolute Gasteiger partial charge is 0.304 e. The molecule has 7 aromatic carbocycles. The molecule has 3 nitrogen and oxygen atoms in total. The molecule has 7 heteroatoms. The zero-order chi connectivity index (χ0) is 45.5. The van der Waals surface area contributed by atoms with Crippen molar-refractivity contribution in [1.82, 2.24) is 15.0 Å². The molecule has 10 aromatic rings. The summed E-state index contributed by atoms with van der Waals surface area (Å²) in [6.07, 6.45) is 8.48. The molecule has 0 N–H and O–H groups in total. The first-order valence-electron chi connectivity index (χ1n) is 22.2. The number of hydrogen-bond acceptors (Lipinski definition) is 3. The van der Waals surface area contributed by atoms with Crippen LogP contribution in [0.25, 0.3) is 78.3 Å². The van der Waals surface area contributed by atoms with Gasteiger partial charge in [-0.3, -0.25) is 8.78 Å². The maximum Gasteiger partial charge on any atom is 3.00 e. The van der Waals surface area contributed by atoms with E-state index in [4.69, 9.17) is 4.98 Å². The van der Waals surface area contributed by atoms with Crippen LogP contribution in [0.5, 0.6) is 0 Å². The van der Waals surface area contributed by atoms with Gasteiger partial charge in [0.05, 0.1) is 0 Å². The monoisotopic (exact) mass is 1070 g/mol. The second-order valence-corrected chi connectivity index (χ2v) is 16.5. The van der Waals surface area contributed by atoms with E-state index in [0.29, 0.717) is 12.8 Å². The number of rotatable bonds is 13. The number of hydrogen-bond donors (Lipinski definition) is 0. The third-order valence-electron chi connectivity index (χ3n) is 12.0. The maximum absolute atomic E-state index is 15.7. The minimum absolute atomic E-state index is 0. The Morgan fingerprint density at radius 3 is 1.43 bits per heavy atom. The third kappa shape index (κ3) is 10.7. The van der Waals surface area contributed by atoms with Gasteiger partial charge in [0.2, 0.25) is 0 Å². The summed E-state index contributed by atoms with van der Waals surface area (Å²) in [6, 6.07) is 66.4. The quantitative estimate of drug-likeness (QED) is 0.108. The maximum atomic E-state index is 15.7. The fraction of sp³-hybridized carbons (Fsp3) is 0.0656. The Kier molecular flexibility index (Phi) is 14.0. The molecule has 0 aliphatic heterocycles. The van der Waals surface area contributed by atoms with Crippen LogP contribution < -0.4 is 0 Å². The topological polar surface area (TPSA) is 38.7 Å². The van der Waals surface area contributed by atoms with Crippen LogP contribution in [-0.2, 0) is 45.8 Å². The minimum atomic E-state index is -0.340. The number of nitrogens with zero attached hydrogens (tertiary/aromatic N) is 3. The first kappa shape index (κ1) is 45.6. The summed E-state index contributed by atoms with van der Waals surface area (Å²) >= 11 is 0. The first-order chi connectivity index (χ1) is 32.9. The summed E-state index contributed by atoms with van der Waals surface area (Å²) in [5, 5.41) is 0. The molecule has 0 saturated heterocycles. The molecule has 0 unspecified atom stereocenters. The van der Waals surface area contributed by atoms with Gasteiger partial charge in [-0.05, 0) is 116 Å². The van der Waals surface area contributed by atoms with E-state index in [1.807, 2.05) is 91.4 Å². The molecule has 68 heavy (non-hydrogen) atoms. The van der Waals surface area contributed by atoms with Crippen molar-refractivity contribution in [3.05, 3.63) is 258 Å². The molecule has 0 radical (unpaired) electrons. The van der Waals surface area contributed by atoms with E-state index in [2.05, 4.69) is 88.8 Å². The van der Waals surface area contributed by atoms with Crippen molar-refractivity contribution in [3.63, 3.8) is 0 Å². The van der Waals surface area contributed by atoms with E-state index in [-0.39, 0.29) is 37.6 Å². The molecule has 0 saturated carbocycles. The van der Waals surface area contributed by atoms with E-state index >= 15 is 4.39 Å². The van der Waals surface area contributed by atoms with Gasteiger partial charge >= 0.3 is 20.1 Å². The normalized spacial score (nSPS) is 11.0. The van der Waals surface area contributed by atoms with Crippen molar-refractivity contribution in [3.8, 4) is 78.3 Å². The molecule has 0 bridgehead atoms. The molecule has 0 atom stereocenters. The van der Waals surface area contributed by atoms with Gasteiger partial charge in [0.25, 0.3) is 0 Å². The molecule has 3 heterocycles. The van der Waals surface area contributed by atoms with E-state index in [1.165, 1.54) is 30.3 Å². The summed E-state index contributed by atoms with van der Waals surface area (Å²) in [5.74, 6) is -1.02. The Bertz CT molecular complexity index is 3160. The van der Waals surface area contributed by atoms with Crippen LogP contribution in [0.4, 0.5) is 13.2 Å². The molecule has 0 amide bonds. The largest absolute Gasteiger partial charge is 3.00 e. The molecule has 0 aliphatic carbocycles. The van der Waals surface area contributed by atoms with Gasteiger partial charge in [-0.1, -0.05) is 109 Å². The molecule has 0 spiro atoms. The van der Waals surface area contributed by atoms with Gasteiger partial charge in [-0.15, -0.1) is 95.6 Å². The van der Waals surface area contributed by atoms with Crippen molar-refractivity contribution in [2.24, 2.45) is 0 Å². The second kappa shape index (κ2) is 20.9. The Morgan fingerprint density at radius 2 is 0.868 bits per heavy atom. The van der Waals surface area contributed by atoms with Crippen LogP contribution in [0, 0.1) is 35.7 Å². The van der Waals surface area contributed by atoms with Gasteiger partial charge in [-0.2, -0.15) is 0 Å². The molecule has 10 rings (SSSR count). The van der Waals surface area contributed by atoms with Crippen LogP contribution >= 0.6 is 0 Å². The summed E-state index contributed by atoms with van der Waals surface area (Å²) < 4.78 is 42.8. The molecular formula is C61H41F3IrN3. The fourth-order valence-corrected chi connectivity index (χ4v) is 8.45. The number of benzene rings is 7. The SMILES string of the molecule is Fc1c[c-]c(-c2ccc(CCc3cc(CCc4ccc(-c5[c-]cc(F)cc5)nc4)cc(-c4cc(F)ccc4-c4cnc(-c5[c-]cccc5)cc4-c4ccc(-c5ccccc5)cc4)c3)cn2)cc1.[Ir+3]. The van der Waals surface area contributed by atoms with Crippen molar-refractivity contribution in [2.75, 3.05) is 0 Å². The Morgan fingerprint density at radius 1 is 0.338 bits per heavy atom. The summed E-state index contributed by atoms with van der Waals surface area (Å²) in [6.45, 7) is 0. The zero-order valence-corrected chi connectivity index (χ0v) is 39.1. The number of pyridine rings is 3. The van der Waals surface area contributed by atoms with Crippen LogP contribution in [0.2, 0.25) is 0 Å². The van der Waals surface area contributed by atoms with E-state index in [9.17, 15) is 8.78 Å². The van der Waals surface area contributed by atoms with Crippen molar-refractivity contribution in [2.45, 2.75) is 25.7 Å². The van der Waals surface area contributed by atoms with Crippen molar-refractivity contribution in [1.29, 1.82) is 0 Å². The van der Waals surface area contributed by atoms with Gasteiger partial charge in [-0.25, -0.2) is 4.39 Å². The molecular weight excluding hydrogens is 1020 g/mol. The second-order valence-electron chi connectivity index (χ2n) is 16.5. The zero-order valence-electron chi connectivity index (χ0n) is 36.7. The predicted molar refractivity (Wildman–Crippen MR) is 262 cm³/mol. The van der Waals surface area contributed by atoms with Crippen LogP contribution in [0.3, 0.4) is 0 Å². The predicted octanol–water partition coefficient (Wildman–Crippen LogP) is 14.9. The van der Waals surface area contributed by atoms with Gasteiger partial charge in [0.1, 0.15) is 5.82 Å². The molecule has 330 valence electrons. The van der Waals surface area contributed by atoms with E-state index in [0.717, 1.165) is 113 Å². The Balaban J connectivity index is 0.00000578. The van der Waals surface area contributed by atoms with Gasteiger partial charge in [0.15, 0.2) is 0 Å². The summed E-state index contributed by atoms with van der Waals surface area (Å²) in [7, 11) is 0. The summed E-state index contributed by atoms with van der Waals surface area (Å²) in [4.78, 5) is 14.3. The minimum Gasteiger partial charge on any atom is -0.304 e. The third-order valence-corrected chi connectivity index (χ3v) is 12.0. The number of aromatic nitrogens is 3. The average molecular weight is 1070 g/mol. The molecule has 0 aliphatic rings. The van der Waals surface area contributed by atoms with Crippen LogP contribution in [0.15, 0.2) is 201 Å². The number of aryl methyl sites for hydroxylation is 4. The first-order valence-corrected chi connectivity index (χ1v) is 22.2. The average Bonchev–Trinajstić information content (AvgIpc) is 3.38. The van der Waals surface area contributed by atoms with Crippen LogP contribution in [0.1, 0.15) is 22.3 Å². The van der Waals surface area contributed by atoms with Crippen LogP contribution in [-0.4, -0.2) is 15.0 Å². The van der Waals surface area contributed by atoms with Gasteiger partial charge in [0, 0.05) is 35.8 Å².